The zero-order chi connectivity index (χ0) is 19.1. The van der Waals surface area contributed by atoms with Gasteiger partial charge >= 0.3 is 6.03 Å². The molecule has 2 aliphatic rings. The van der Waals surface area contributed by atoms with Gasteiger partial charge in [0.1, 0.15) is 0 Å². The van der Waals surface area contributed by atoms with Gasteiger partial charge in [-0.15, -0.1) is 0 Å². The number of nitrogens with two attached hydrogens (primary N) is 1. The van der Waals surface area contributed by atoms with Crippen molar-refractivity contribution in [1.29, 1.82) is 0 Å². The van der Waals surface area contributed by atoms with Crippen LogP contribution in [0.1, 0.15) is 48.8 Å². The number of benzene rings is 1. The number of likely N-dealkylation sites (tertiary alicyclic amines) is 1. The average molecular weight is 369 g/mol. The Morgan fingerprint density at radius 3 is 2.63 bits per heavy atom. The summed E-state index contributed by atoms with van der Waals surface area (Å²) < 4.78 is 1.80. The maximum Gasteiger partial charge on any atom is 0.314 e. The van der Waals surface area contributed by atoms with Crippen LogP contribution in [0.5, 0.6) is 0 Å². The minimum absolute atomic E-state index is 0.221. The molecule has 0 spiro atoms. The Morgan fingerprint density at radius 2 is 1.96 bits per heavy atom. The van der Waals surface area contributed by atoms with Crippen LogP contribution in [0.2, 0.25) is 0 Å². The van der Waals surface area contributed by atoms with Gasteiger partial charge < -0.3 is 10.6 Å². The number of fused-ring (bicyclic) bond motifs is 1. The largest absolute Gasteiger partial charge is 0.351 e. The van der Waals surface area contributed by atoms with E-state index in [2.05, 4.69) is 22.5 Å². The number of rotatable bonds is 2. The second kappa shape index (κ2) is 6.68. The van der Waals surface area contributed by atoms with E-state index < -0.39 is 5.92 Å². The van der Waals surface area contributed by atoms with Crippen molar-refractivity contribution in [2.75, 3.05) is 13.1 Å². The molecule has 0 radical (unpaired) electrons. The third-order valence-corrected chi connectivity index (χ3v) is 5.75. The molecule has 2 fully saturated rings. The minimum atomic E-state index is -0.393. The molecule has 4 rings (SSSR count). The lowest BCUT2D eigenvalue weighted by Gasteiger charge is -2.31. The van der Waals surface area contributed by atoms with Crippen molar-refractivity contribution in [2.24, 2.45) is 12.8 Å². The van der Waals surface area contributed by atoms with E-state index in [4.69, 9.17) is 5.73 Å². The van der Waals surface area contributed by atoms with E-state index in [1.807, 2.05) is 13.1 Å². The topological polar surface area (TPSA) is 110 Å². The first-order valence-corrected chi connectivity index (χ1v) is 9.28. The maximum absolute atomic E-state index is 12.2. The van der Waals surface area contributed by atoms with Crippen LogP contribution in [0, 0.1) is 0 Å². The molecule has 8 nitrogen and oxygen atoms in total. The number of hydrogen-bond donors (Lipinski definition) is 2. The van der Waals surface area contributed by atoms with Crippen molar-refractivity contribution < 1.29 is 14.4 Å². The van der Waals surface area contributed by atoms with Crippen molar-refractivity contribution in [1.82, 2.24) is 20.0 Å². The van der Waals surface area contributed by atoms with Crippen LogP contribution in [0.4, 0.5) is 4.79 Å². The van der Waals surface area contributed by atoms with E-state index in [0.29, 0.717) is 31.8 Å². The number of carbonyl (C=O) groups excluding carboxylic acids is 3. The highest BCUT2D eigenvalue weighted by Gasteiger charge is 2.32. The number of imide groups is 1. The van der Waals surface area contributed by atoms with Gasteiger partial charge in [0.15, 0.2) is 0 Å². The Labute approximate surface area is 156 Å². The Morgan fingerprint density at radius 1 is 1.22 bits per heavy atom. The molecule has 0 aliphatic carbocycles. The molecule has 2 saturated heterocycles. The maximum atomic E-state index is 12.2. The number of primary amides is 1. The van der Waals surface area contributed by atoms with Gasteiger partial charge in [-0.3, -0.25) is 19.6 Å². The third kappa shape index (κ3) is 3.15. The summed E-state index contributed by atoms with van der Waals surface area (Å²) in [5, 5.41) is 7.94. The summed E-state index contributed by atoms with van der Waals surface area (Å²) >= 11 is 0. The molecule has 2 aliphatic heterocycles. The van der Waals surface area contributed by atoms with Crippen molar-refractivity contribution >= 4 is 28.7 Å². The molecule has 3 N–H and O–H groups in total. The number of aromatic nitrogens is 2. The summed E-state index contributed by atoms with van der Waals surface area (Å²) in [4.78, 5) is 36.6. The lowest BCUT2D eigenvalue weighted by molar-refractivity contribution is -0.134. The van der Waals surface area contributed by atoms with Gasteiger partial charge in [0.2, 0.25) is 11.8 Å². The summed E-state index contributed by atoms with van der Waals surface area (Å²) in [7, 11) is 1.87. The van der Waals surface area contributed by atoms with Crippen LogP contribution in [0.15, 0.2) is 18.2 Å². The number of carbonyl (C=O) groups is 3. The van der Waals surface area contributed by atoms with Crippen molar-refractivity contribution in [3.63, 3.8) is 0 Å². The van der Waals surface area contributed by atoms with Gasteiger partial charge in [0.05, 0.1) is 17.1 Å². The summed E-state index contributed by atoms with van der Waals surface area (Å²) in [5.74, 6) is -0.509. The first-order chi connectivity index (χ1) is 12.9. The smallest absolute Gasteiger partial charge is 0.314 e. The van der Waals surface area contributed by atoms with Gasteiger partial charge in [-0.2, -0.15) is 5.10 Å². The molecule has 0 saturated carbocycles. The van der Waals surface area contributed by atoms with Gasteiger partial charge in [-0.25, -0.2) is 4.79 Å². The molecule has 8 heteroatoms. The fraction of sp³-hybridized carbons (Fsp3) is 0.474. The molecule has 142 valence electrons. The standard InChI is InChI=1S/C19H23N5O3/c1-23-15-10-12(11-6-8-24(9-7-11)19(20)27)2-3-13(15)17(22-23)14-4-5-16(25)21-18(14)26/h2-3,10-11,14H,4-9H2,1H3,(H2,20,27)(H,21,25,26). The summed E-state index contributed by atoms with van der Waals surface area (Å²) in [6.45, 7) is 1.34. The van der Waals surface area contributed by atoms with E-state index in [-0.39, 0.29) is 17.8 Å². The zero-order valence-electron chi connectivity index (χ0n) is 15.3. The molecule has 1 unspecified atom stereocenters. The van der Waals surface area contributed by atoms with Gasteiger partial charge in [0.25, 0.3) is 0 Å². The van der Waals surface area contributed by atoms with Crippen LogP contribution >= 0.6 is 0 Å². The number of piperidine rings is 2. The molecule has 1 aromatic heterocycles. The van der Waals surface area contributed by atoms with Gasteiger partial charge in [-0.1, -0.05) is 12.1 Å². The predicted molar refractivity (Wildman–Crippen MR) is 99.0 cm³/mol. The molecule has 3 heterocycles. The average Bonchev–Trinajstić information content (AvgIpc) is 2.98. The Hall–Kier alpha value is -2.90. The first kappa shape index (κ1) is 17.5. The van der Waals surface area contributed by atoms with Crippen LogP contribution < -0.4 is 11.1 Å². The zero-order valence-corrected chi connectivity index (χ0v) is 15.3. The quantitative estimate of drug-likeness (QED) is 0.779. The van der Waals surface area contributed by atoms with Crippen LogP contribution in [0.3, 0.4) is 0 Å². The van der Waals surface area contributed by atoms with Crippen molar-refractivity contribution in [2.45, 2.75) is 37.5 Å². The number of nitrogens with one attached hydrogen (secondary N) is 1. The Balaban J connectivity index is 1.61. The summed E-state index contributed by atoms with van der Waals surface area (Å²) in [6, 6.07) is 5.88. The lowest BCUT2D eigenvalue weighted by Crippen LogP contribution is -2.41. The van der Waals surface area contributed by atoms with Crippen molar-refractivity contribution in [3.8, 4) is 0 Å². The highest BCUT2D eigenvalue weighted by molar-refractivity contribution is 6.02. The van der Waals surface area contributed by atoms with Crippen LogP contribution in [0.25, 0.3) is 10.9 Å². The van der Waals surface area contributed by atoms with Gasteiger partial charge in [-0.05, 0) is 36.8 Å². The van der Waals surface area contributed by atoms with Gasteiger partial charge in [0, 0.05) is 31.9 Å². The predicted octanol–water partition coefficient (Wildman–Crippen LogP) is 1.35. The normalized spacial score (nSPS) is 21.5. The molecule has 2 aromatic rings. The van der Waals surface area contributed by atoms with Crippen molar-refractivity contribution in [3.05, 3.63) is 29.5 Å². The second-order valence-corrected chi connectivity index (χ2v) is 7.39. The number of nitrogens with zero attached hydrogens (tertiary/aromatic N) is 3. The fourth-order valence-electron chi connectivity index (χ4n) is 4.20. The molecule has 0 bridgehead atoms. The molecule has 1 aromatic carbocycles. The number of urea groups is 1. The molecule has 1 atom stereocenters. The molecular formula is C19H23N5O3. The first-order valence-electron chi connectivity index (χ1n) is 9.28. The SMILES string of the molecule is Cn1nc(C2CCC(=O)NC2=O)c2ccc(C3CCN(C(N)=O)CC3)cc21. The number of hydrogen-bond acceptors (Lipinski definition) is 4. The summed E-state index contributed by atoms with van der Waals surface area (Å²) in [6.07, 6.45) is 2.59. The Kier molecular flexibility index (Phi) is 4.33. The molecule has 27 heavy (non-hydrogen) atoms. The highest BCUT2D eigenvalue weighted by Crippen LogP contribution is 2.34. The van der Waals surface area contributed by atoms with E-state index in [1.54, 1.807) is 9.58 Å². The van der Waals surface area contributed by atoms with Crippen LogP contribution in [-0.2, 0) is 16.6 Å². The number of amides is 4. The highest BCUT2D eigenvalue weighted by atomic mass is 16.2. The lowest BCUT2D eigenvalue weighted by atomic mass is 9.88. The second-order valence-electron chi connectivity index (χ2n) is 7.39. The molecule has 4 amide bonds. The van der Waals surface area contributed by atoms with E-state index in [0.717, 1.165) is 29.4 Å². The fourth-order valence-corrected chi connectivity index (χ4v) is 4.20. The third-order valence-electron chi connectivity index (χ3n) is 5.75. The van der Waals surface area contributed by atoms with Crippen LogP contribution in [-0.4, -0.2) is 45.6 Å². The number of aryl methyl sites for hydroxylation is 1. The summed E-state index contributed by atoms with van der Waals surface area (Å²) in [5.41, 5.74) is 8.28. The molecular weight excluding hydrogens is 346 g/mol. The Bertz CT molecular complexity index is 927. The van der Waals surface area contributed by atoms with E-state index >= 15 is 0 Å². The van der Waals surface area contributed by atoms with E-state index in [1.165, 1.54) is 5.56 Å². The minimum Gasteiger partial charge on any atom is -0.351 e. The van der Waals surface area contributed by atoms with E-state index in [9.17, 15) is 14.4 Å². The monoisotopic (exact) mass is 369 g/mol.